The maximum absolute atomic E-state index is 13.6. The molecule has 34 heavy (non-hydrogen) atoms. The van der Waals surface area contributed by atoms with E-state index < -0.39 is 0 Å². The maximum Gasteiger partial charge on any atom is 0.274 e. The number of rotatable bonds is 7. The fourth-order valence-electron chi connectivity index (χ4n) is 4.44. The van der Waals surface area contributed by atoms with Gasteiger partial charge in [0.05, 0.1) is 17.7 Å². The normalized spacial score (nSPS) is 19.3. The second-order valence-electron chi connectivity index (χ2n) is 9.01. The molecule has 5 rings (SSSR count). The van der Waals surface area contributed by atoms with Crippen LogP contribution in [0.25, 0.3) is 10.3 Å². The first-order valence-corrected chi connectivity index (χ1v) is 12.3. The maximum atomic E-state index is 13.6. The molecule has 0 spiro atoms. The van der Waals surface area contributed by atoms with Crippen molar-refractivity contribution >= 4 is 39.3 Å². The Kier molecular flexibility index (Phi) is 6.26. The van der Waals surface area contributed by atoms with E-state index in [2.05, 4.69) is 20.3 Å². The first-order chi connectivity index (χ1) is 16.4. The van der Waals surface area contributed by atoms with Gasteiger partial charge in [-0.3, -0.25) is 9.59 Å². The van der Waals surface area contributed by atoms with Crippen LogP contribution in [0, 0.1) is 24.6 Å². The standard InChI is InChI=1S/C24H26FN5O3S/c1-13(16-4-3-5-18(25)9-16)26-24-28-20(21-22(29-24)27-14(2)34-21)23(32)30-10-15(11-30)8-19(31)17-6-7-33-12-17/h3-5,9,13,15,17H,6-8,10-12H2,1-2H3,(H,26,28,29)/t13-,17?/m0/s1. The third kappa shape index (κ3) is 4.65. The molecule has 1 N–H and O–H groups in total. The van der Waals surface area contributed by atoms with Crippen LogP contribution in [-0.4, -0.2) is 57.8 Å². The average molecular weight is 484 g/mol. The molecular formula is C24H26FN5O3S. The van der Waals surface area contributed by atoms with Crippen molar-refractivity contribution in [3.8, 4) is 0 Å². The number of benzene rings is 1. The Hall–Kier alpha value is -2.98. The molecule has 2 saturated heterocycles. The van der Waals surface area contributed by atoms with Crippen molar-refractivity contribution in [2.75, 3.05) is 31.6 Å². The molecule has 0 saturated carbocycles. The molecule has 4 heterocycles. The number of aromatic nitrogens is 3. The highest BCUT2D eigenvalue weighted by Crippen LogP contribution is 2.30. The summed E-state index contributed by atoms with van der Waals surface area (Å²) in [7, 11) is 0. The topological polar surface area (TPSA) is 97.3 Å². The minimum Gasteiger partial charge on any atom is -0.381 e. The minimum absolute atomic E-state index is 0.000112. The monoisotopic (exact) mass is 483 g/mol. The van der Waals surface area contributed by atoms with Crippen LogP contribution >= 0.6 is 11.3 Å². The minimum atomic E-state index is -0.320. The summed E-state index contributed by atoms with van der Waals surface area (Å²) in [4.78, 5) is 40.9. The Morgan fingerprint density at radius 2 is 2.12 bits per heavy atom. The van der Waals surface area contributed by atoms with Crippen LogP contribution in [0.2, 0.25) is 0 Å². The van der Waals surface area contributed by atoms with E-state index in [0.29, 0.717) is 48.8 Å². The molecule has 2 atom stereocenters. The summed E-state index contributed by atoms with van der Waals surface area (Å²) >= 11 is 1.38. The fraction of sp³-hybridized carbons (Fsp3) is 0.458. The molecule has 178 valence electrons. The van der Waals surface area contributed by atoms with E-state index in [9.17, 15) is 14.0 Å². The SMILES string of the molecule is Cc1nc2nc(N[C@@H](C)c3cccc(F)c3)nc(C(=O)N3CC(CC(=O)C4CCOC4)C3)c2s1. The molecule has 8 nitrogen and oxygen atoms in total. The van der Waals surface area contributed by atoms with Gasteiger partial charge in [-0.25, -0.2) is 14.4 Å². The average Bonchev–Trinajstić information content (AvgIpc) is 3.44. The largest absolute Gasteiger partial charge is 0.381 e. The number of carbonyl (C=O) groups is 2. The summed E-state index contributed by atoms with van der Waals surface area (Å²) in [5, 5.41) is 3.96. The van der Waals surface area contributed by atoms with E-state index in [4.69, 9.17) is 4.74 Å². The molecule has 0 radical (unpaired) electrons. The Morgan fingerprint density at radius 1 is 1.29 bits per heavy atom. The van der Waals surface area contributed by atoms with Gasteiger partial charge in [0.15, 0.2) is 11.3 Å². The lowest BCUT2D eigenvalue weighted by Crippen LogP contribution is -2.51. The Labute approximate surface area is 200 Å². The Morgan fingerprint density at radius 3 is 2.85 bits per heavy atom. The van der Waals surface area contributed by atoms with E-state index in [0.717, 1.165) is 17.0 Å². The van der Waals surface area contributed by atoms with Crippen molar-refractivity contribution in [3.63, 3.8) is 0 Å². The second kappa shape index (κ2) is 9.34. The van der Waals surface area contributed by atoms with Crippen molar-refractivity contribution < 1.29 is 18.7 Å². The van der Waals surface area contributed by atoms with Crippen molar-refractivity contribution in [1.29, 1.82) is 0 Å². The fourth-order valence-corrected chi connectivity index (χ4v) is 5.28. The lowest BCUT2D eigenvalue weighted by molar-refractivity contribution is -0.124. The zero-order valence-electron chi connectivity index (χ0n) is 19.1. The molecule has 2 aromatic heterocycles. The molecule has 1 aromatic carbocycles. The molecule has 1 amide bonds. The molecule has 0 bridgehead atoms. The van der Waals surface area contributed by atoms with Gasteiger partial charge in [0, 0.05) is 38.0 Å². The van der Waals surface area contributed by atoms with E-state index >= 15 is 0 Å². The van der Waals surface area contributed by atoms with E-state index in [1.165, 1.54) is 23.5 Å². The van der Waals surface area contributed by atoms with Crippen LogP contribution in [0.1, 0.15) is 46.9 Å². The number of nitrogens with one attached hydrogen (secondary N) is 1. The predicted molar refractivity (Wildman–Crippen MR) is 126 cm³/mol. The van der Waals surface area contributed by atoms with Gasteiger partial charge in [-0.2, -0.15) is 4.98 Å². The number of nitrogens with zero attached hydrogens (tertiary/aromatic N) is 4. The zero-order chi connectivity index (χ0) is 23.8. The predicted octanol–water partition coefficient (Wildman–Crippen LogP) is 3.77. The molecule has 1 unspecified atom stereocenters. The summed E-state index contributed by atoms with van der Waals surface area (Å²) in [5.41, 5.74) is 1.51. The van der Waals surface area contributed by atoms with Crippen LogP contribution in [0.5, 0.6) is 0 Å². The van der Waals surface area contributed by atoms with Gasteiger partial charge in [0.25, 0.3) is 5.91 Å². The van der Waals surface area contributed by atoms with Crippen molar-refractivity contribution in [3.05, 3.63) is 46.3 Å². The molecule has 2 aliphatic heterocycles. The number of halogens is 1. The first kappa shape index (κ1) is 22.8. The van der Waals surface area contributed by atoms with Crippen LogP contribution in [0.3, 0.4) is 0 Å². The number of ether oxygens (including phenoxy) is 1. The van der Waals surface area contributed by atoms with Crippen LogP contribution < -0.4 is 5.32 Å². The van der Waals surface area contributed by atoms with Crippen LogP contribution in [0.15, 0.2) is 24.3 Å². The lowest BCUT2D eigenvalue weighted by Gasteiger charge is -2.39. The number of ketones is 1. The molecule has 10 heteroatoms. The third-order valence-electron chi connectivity index (χ3n) is 6.38. The molecular weight excluding hydrogens is 457 g/mol. The third-order valence-corrected chi connectivity index (χ3v) is 7.34. The number of hydrogen-bond acceptors (Lipinski definition) is 8. The number of fused-ring (bicyclic) bond motifs is 1. The zero-order valence-corrected chi connectivity index (χ0v) is 19.9. The quantitative estimate of drug-likeness (QED) is 0.546. The van der Waals surface area contributed by atoms with Gasteiger partial charge < -0.3 is 15.0 Å². The second-order valence-corrected chi connectivity index (χ2v) is 10.2. The highest BCUT2D eigenvalue weighted by molar-refractivity contribution is 7.18. The summed E-state index contributed by atoms with van der Waals surface area (Å²) in [6.07, 6.45) is 1.27. The van der Waals surface area contributed by atoms with Crippen LogP contribution in [0.4, 0.5) is 10.3 Å². The van der Waals surface area contributed by atoms with Gasteiger partial charge in [-0.05, 0) is 38.0 Å². The molecule has 3 aromatic rings. The number of aryl methyl sites for hydroxylation is 1. The molecule has 2 fully saturated rings. The van der Waals surface area contributed by atoms with Crippen molar-refractivity contribution in [2.24, 2.45) is 11.8 Å². The summed E-state index contributed by atoms with van der Waals surface area (Å²) < 4.78 is 19.6. The first-order valence-electron chi connectivity index (χ1n) is 11.4. The number of Topliss-reactive ketones (excluding diaryl/α,β-unsaturated/α-hetero) is 1. The Bertz CT molecular complexity index is 1240. The smallest absolute Gasteiger partial charge is 0.274 e. The summed E-state index contributed by atoms with van der Waals surface area (Å²) in [6.45, 7) is 5.97. The number of amides is 1. The molecule has 0 aliphatic carbocycles. The van der Waals surface area contributed by atoms with Gasteiger partial charge in [-0.15, -0.1) is 11.3 Å². The van der Waals surface area contributed by atoms with E-state index in [1.54, 1.807) is 11.0 Å². The number of thiazole rings is 1. The lowest BCUT2D eigenvalue weighted by atomic mass is 9.89. The van der Waals surface area contributed by atoms with Crippen LogP contribution in [-0.2, 0) is 9.53 Å². The number of carbonyl (C=O) groups excluding carboxylic acids is 2. The highest BCUT2D eigenvalue weighted by atomic mass is 32.1. The van der Waals surface area contributed by atoms with Crippen molar-refractivity contribution in [1.82, 2.24) is 19.9 Å². The summed E-state index contributed by atoms with van der Waals surface area (Å²) in [6, 6.07) is 6.04. The number of hydrogen-bond donors (Lipinski definition) is 1. The van der Waals surface area contributed by atoms with E-state index in [-0.39, 0.29) is 41.3 Å². The van der Waals surface area contributed by atoms with Gasteiger partial charge in [0.1, 0.15) is 16.3 Å². The Balaban J connectivity index is 1.31. The highest BCUT2D eigenvalue weighted by Gasteiger charge is 2.36. The van der Waals surface area contributed by atoms with E-state index in [1.807, 2.05) is 19.9 Å². The molecule has 2 aliphatic rings. The summed E-state index contributed by atoms with van der Waals surface area (Å²) in [5.74, 6) is 0.162. The van der Waals surface area contributed by atoms with Gasteiger partial charge in [-0.1, -0.05) is 12.1 Å². The number of anilines is 1. The number of likely N-dealkylation sites (tertiary alicyclic amines) is 1. The van der Waals surface area contributed by atoms with Gasteiger partial charge in [0.2, 0.25) is 5.95 Å². The van der Waals surface area contributed by atoms with Crippen molar-refractivity contribution in [2.45, 2.75) is 32.7 Å². The van der Waals surface area contributed by atoms with Gasteiger partial charge >= 0.3 is 0 Å².